The van der Waals surface area contributed by atoms with E-state index in [9.17, 15) is 14.4 Å². The maximum absolute atomic E-state index is 13.2. The predicted molar refractivity (Wildman–Crippen MR) is 143 cm³/mol. The van der Waals surface area contributed by atoms with Gasteiger partial charge in [-0.15, -0.1) is 0 Å². The zero-order chi connectivity index (χ0) is 26.1. The molecule has 0 spiro atoms. The van der Waals surface area contributed by atoms with Crippen molar-refractivity contribution in [2.24, 2.45) is 0 Å². The normalized spacial score (nSPS) is 11.9. The maximum atomic E-state index is 13.2. The molecule has 0 unspecified atom stereocenters. The number of carbonyl (C=O) groups is 3. The first-order chi connectivity index (χ1) is 17.8. The number of benzene rings is 3. The van der Waals surface area contributed by atoms with E-state index < -0.39 is 17.7 Å². The summed E-state index contributed by atoms with van der Waals surface area (Å²) in [7, 11) is 0. The highest BCUT2D eigenvalue weighted by atomic mass is 79.9. The molecule has 4 aromatic rings. The van der Waals surface area contributed by atoms with Crippen molar-refractivity contribution in [2.45, 2.75) is 13.5 Å². The molecule has 37 heavy (non-hydrogen) atoms. The third kappa shape index (κ3) is 5.11. The molecule has 0 aliphatic carbocycles. The highest BCUT2D eigenvalue weighted by molar-refractivity contribution is 9.10. The first kappa shape index (κ1) is 24.7. The van der Waals surface area contributed by atoms with Crippen molar-refractivity contribution in [1.29, 1.82) is 0 Å². The molecule has 188 valence electrons. The van der Waals surface area contributed by atoms with Crippen LogP contribution in [0.2, 0.25) is 5.02 Å². The average Bonchev–Trinajstić information content (AvgIpc) is 3.49. The molecule has 0 bridgehead atoms. The Bertz CT molecular complexity index is 1570. The van der Waals surface area contributed by atoms with E-state index in [2.05, 4.69) is 32.0 Å². The molecule has 0 saturated heterocycles. The van der Waals surface area contributed by atoms with Gasteiger partial charge in [-0.05, 0) is 66.6 Å². The first-order valence-corrected chi connectivity index (χ1v) is 12.3. The van der Waals surface area contributed by atoms with Gasteiger partial charge < -0.3 is 20.1 Å². The lowest BCUT2D eigenvalue weighted by molar-refractivity contribution is -0.136. The van der Waals surface area contributed by atoms with Crippen LogP contribution in [0.1, 0.15) is 21.6 Å². The van der Waals surface area contributed by atoms with Crippen LogP contribution in [0, 0.1) is 6.92 Å². The number of anilines is 1. The first-order valence-electron chi connectivity index (χ1n) is 11.2. The van der Waals surface area contributed by atoms with Crippen LogP contribution in [0.3, 0.4) is 0 Å². The minimum Gasteiger partial charge on any atom is -0.454 e. The highest BCUT2D eigenvalue weighted by Gasteiger charge is 2.22. The summed E-state index contributed by atoms with van der Waals surface area (Å²) >= 11 is 9.60. The monoisotopic (exact) mass is 582 g/mol. The van der Waals surface area contributed by atoms with E-state index in [4.69, 9.17) is 21.1 Å². The molecular weight excluding hydrogens is 564 g/mol. The number of fused-ring (bicyclic) bond motifs is 2. The summed E-state index contributed by atoms with van der Waals surface area (Å²) in [6, 6.07) is 17.3. The lowest BCUT2D eigenvalue weighted by Gasteiger charge is -2.14. The molecule has 9 nitrogen and oxygen atoms in total. The van der Waals surface area contributed by atoms with Crippen LogP contribution in [-0.4, -0.2) is 29.2 Å². The van der Waals surface area contributed by atoms with Crippen molar-refractivity contribution >= 4 is 61.8 Å². The second kappa shape index (κ2) is 10.2. The van der Waals surface area contributed by atoms with Gasteiger partial charge in [-0.1, -0.05) is 39.7 Å². The van der Waals surface area contributed by atoms with E-state index in [1.54, 1.807) is 67.6 Å². The molecule has 3 N–H and O–H groups in total. The van der Waals surface area contributed by atoms with Gasteiger partial charge >= 0.3 is 11.8 Å². The molecule has 2 heterocycles. The Morgan fingerprint density at radius 2 is 1.81 bits per heavy atom. The van der Waals surface area contributed by atoms with Crippen LogP contribution in [-0.2, 0) is 16.1 Å². The van der Waals surface area contributed by atoms with Gasteiger partial charge in [-0.2, -0.15) is 0 Å². The molecule has 3 amide bonds. The number of hydrogen-bond acceptors (Lipinski definition) is 5. The van der Waals surface area contributed by atoms with Crippen molar-refractivity contribution in [1.82, 2.24) is 9.99 Å². The maximum Gasteiger partial charge on any atom is 0.328 e. The van der Waals surface area contributed by atoms with Crippen molar-refractivity contribution in [3.05, 3.63) is 87.0 Å². The Balaban J connectivity index is 1.36. The Kier molecular flexibility index (Phi) is 6.77. The van der Waals surface area contributed by atoms with Gasteiger partial charge in [0.15, 0.2) is 11.5 Å². The fourth-order valence-electron chi connectivity index (χ4n) is 3.87. The number of rotatable bonds is 5. The smallest absolute Gasteiger partial charge is 0.328 e. The minimum absolute atomic E-state index is 0.101. The lowest BCUT2D eigenvalue weighted by atomic mass is 10.2. The van der Waals surface area contributed by atoms with Gasteiger partial charge in [0.2, 0.25) is 6.79 Å². The van der Waals surface area contributed by atoms with Crippen molar-refractivity contribution in [3.8, 4) is 11.5 Å². The van der Waals surface area contributed by atoms with Gasteiger partial charge in [0, 0.05) is 27.1 Å². The third-order valence-electron chi connectivity index (χ3n) is 5.82. The summed E-state index contributed by atoms with van der Waals surface area (Å²) in [6.07, 6.45) is 0. The van der Waals surface area contributed by atoms with Gasteiger partial charge in [0.1, 0.15) is 5.69 Å². The Hall–Kier alpha value is -4.02. The van der Waals surface area contributed by atoms with Crippen LogP contribution in [0.5, 0.6) is 11.5 Å². The molecule has 11 heteroatoms. The summed E-state index contributed by atoms with van der Waals surface area (Å²) < 4.78 is 12.7. The van der Waals surface area contributed by atoms with Crippen molar-refractivity contribution in [3.63, 3.8) is 0 Å². The molecule has 0 radical (unpaired) electrons. The van der Waals surface area contributed by atoms with Gasteiger partial charge in [-0.3, -0.25) is 19.8 Å². The number of nitrogens with one attached hydrogen (secondary N) is 3. The van der Waals surface area contributed by atoms with E-state index in [-0.39, 0.29) is 19.0 Å². The molecule has 1 aliphatic rings. The quantitative estimate of drug-likeness (QED) is 0.294. The molecule has 0 atom stereocenters. The van der Waals surface area contributed by atoms with Crippen LogP contribution in [0.15, 0.2) is 65.1 Å². The zero-order valence-corrected chi connectivity index (χ0v) is 21.8. The highest BCUT2D eigenvalue weighted by Crippen LogP contribution is 2.32. The van der Waals surface area contributed by atoms with E-state index in [1.165, 1.54) is 4.68 Å². The SMILES string of the molecule is Cc1c(Cl)cccc1NC(=O)c1cc2cc(Br)ccc2n1NC(=O)C(=O)NCc1ccc2c(c1)OCO2. The van der Waals surface area contributed by atoms with Gasteiger partial charge in [0.05, 0.1) is 5.52 Å². The second-order valence-electron chi connectivity index (χ2n) is 8.25. The molecule has 5 rings (SSSR count). The largest absolute Gasteiger partial charge is 0.454 e. The second-order valence-corrected chi connectivity index (χ2v) is 9.57. The fraction of sp³-hybridized carbons (Fsp3) is 0.115. The number of ether oxygens (including phenoxy) is 2. The molecular formula is C26H20BrClN4O5. The predicted octanol–water partition coefficient (Wildman–Crippen LogP) is 4.73. The van der Waals surface area contributed by atoms with Crippen molar-refractivity contribution in [2.75, 3.05) is 17.5 Å². The van der Waals surface area contributed by atoms with Crippen LogP contribution >= 0.6 is 27.5 Å². The zero-order valence-electron chi connectivity index (χ0n) is 19.4. The van der Waals surface area contributed by atoms with Crippen LogP contribution in [0.4, 0.5) is 5.69 Å². The van der Waals surface area contributed by atoms with E-state index >= 15 is 0 Å². The van der Waals surface area contributed by atoms with Crippen LogP contribution < -0.4 is 25.5 Å². The molecule has 3 aromatic carbocycles. The number of nitrogens with zero attached hydrogens (tertiary/aromatic N) is 1. The topological polar surface area (TPSA) is 111 Å². The minimum atomic E-state index is -0.936. The number of carbonyl (C=O) groups excluding carboxylic acids is 3. The number of aromatic nitrogens is 1. The summed E-state index contributed by atoms with van der Waals surface area (Å²) in [5.74, 6) is -1.09. The van der Waals surface area contributed by atoms with Crippen molar-refractivity contribution < 1.29 is 23.9 Å². The van der Waals surface area contributed by atoms with E-state index in [0.29, 0.717) is 38.7 Å². The van der Waals surface area contributed by atoms with E-state index in [1.807, 2.05) is 0 Å². The summed E-state index contributed by atoms with van der Waals surface area (Å²) in [5, 5.41) is 6.59. The lowest BCUT2D eigenvalue weighted by Crippen LogP contribution is -2.39. The average molecular weight is 584 g/mol. The summed E-state index contributed by atoms with van der Waals surface area (Å²) in [6.45, 7) is 2.03. The van der Waals surface area contributed by atoms with E-state index in [0.717, 1.165) is 10.0 Å². The molecule has 1 aromatic heterocycles. The Morgan fingerprint density at radius 3 is 2.65 bits per heavy atom. The Labute approximate surface area is 224 Å². The van der Waals surface area contributed by atoms with Crippen LogP contribution in [0.25, 0.3) is 10.9 Å². The fourth-order valence-corrected chi connectivity index (χ4v) is 4.42. The van der Waals surface area contributed by atoms with Gasteiger partial charge in [0.25, 0.3) is 5.91 Å². The standard InChI is InChI=1S/C26H20BrClN4O5/c1-14-18(28)3-2-4-19(14)30-24(33)21-11-16-10-17(27)6-7-20(16)32(21)31-26(35)25(34)29-12-15-5-8-22-23(9-15)37-13-36-22/h2-11H,12-13H2,1H3,(H,29,34)(H,30,33)(H,31,35). The molecule has 1 aliphatic heterocycles. The number of halogens is 2. The molecule has 0 saturated carbocycles. The molecule has 0 fully saturated rings. The third-order valence-corrected chi connectivity index (χ3v) is 6.72. The summed E-state index contributed by atoms with van der Waals surface area (Å²) in [5.41, 5.74) is 5.18. The number of hydrogen-bond donors (Lipinski definition) is 3. The Morgan fingerprint density at radius 1 is 1.00 bits per heavy atom. The summed E-state index contributed by atoms with van der Waals surface area (Å²) in [4.78, 5) is 38.7. The number of amides is 3. The van der Waals surface area contributed by atoms with Gasteiger partial charge in [-0.25, -0.2) is 4.68 Å².